The highest BCUT2D eigenvalue weighted by Gasteiger charge is 2.04. The molecule has 0 amide bonds. The van der Waals surface area contributed by atoms with Crippen LogP contribution in [0.1, 0.15) is 16.7 Å². The second kappa shape index (κ2) is 6.44. The number of nitriles is 1. The van der Waals surface area contributed by atoms with Gasteiger partial charge in [0.25, 0.3) is 0 Å². The van der Waals surface area contributed by atoms with E-state index in [1.807, 2.05) is 43.3 Å². The zero-order valence-corrected chi connectivity index (χ0v) is 13.0. The van der Waals surface area contributed by atoms with Gasteiger partial charge >= 0.3 is 0 Å². The Kier molecular flexibility index (Phi) is 4.65. The van der Waals surface area contributed by atoms with Gasteiger partial charge in [-0.25, -0.2) is 0 Å². The molecule has 3 nitrogen and oxygen atoms in total. The van der Waals surface area contributed by atoms with E-state index in [-0.39, 0.29) is 0 Å². The molecule has 102 valence electrons. The first-order valence-corrected chi connectivity index (χ1v) is 7.00. The molecular formula is C16H15BrN2O. The van der Waals surface area contributed by atoms with Gasteiger partial charge < -0.3 is 10.1 Å². The van der Waals surface area contributed by atoms with Crippen LogP contribution >= 0.6 is 15.9 Å². The van der Waals surface area contributed by atoms with E-state index in [0.717, 1.165) is 27.0 Å². The molecule has 0 aliphatic heterocycles. The molecule has 0 atom stereocenters. The van der Waals surface area contributed by atoms with Gasteiger partial charge in [0.05, 0.1) is 18.7 Å². The van der Waals surface area contributed by atoms with Crippen LogP contribution in [-0.4, -0.2) is 7.11 Å². The number of nitrogens with zero attached hydrogens (tertiary/aromatic N) is 1. The lowest BCUT2D eigenvalue weighted by Crippen LogP contribution is -2.02. The fourth-order valence-corrected chi connectivity index (χ4v) is 2.27. The van der Waals surface area contributed by atoms with Crippen molar-refractivity contribution in [2.45, 2.75) is 13.5 Å². The molecule has 0 aromatic heterocycles. The van der Waals surface area contributed by atoms with E-state index in [2.05, 4.69) is 27.3 Å². The summed E-state index contributed by atoms with van der Waals surface area (Å²) in [5, 5.41) is 12.3. The lowest BCUT2D eigenvalue weighted by molar-refractivity contribution is 0.414. The second-order valence-corrected chi connectivity index (χ2v) is 5.31. The molecule has 2 rings (SSSR count). The van der Waals surface area contributed by atoms with Crippen molar-refractivity contribution >= 4 is 21.6 Å². The van der Waals surface area contributed by atoms with Gasteiger partial charge in [0.2, 0.25) is 0 Å². The minimum absolute atomic E-state index is 0.655. The second-order valence-electron chi connectivity index (χ2n) is 4.45. The van der Waals surface area contributed by atoms with Crippen molar-refractivity contribution in [1.82, 2.24) is 0 Å². The predicted molar refractivity (Wildman–Crippen MR) is 83.9 cm³/mol. The van der Waals surface area contributed by atoms with E-state index >= 15 is 0 Å². The van der Waals surface area contributed by atoms with E-state index in [0.29, 0.717) is 12.1 Å². The van der Waals surface area contributed by atoms with Crippen LogP contribution in [0.25, 0.3) is 0 Å². The number of methoxy groups -OCH3 is 1. The summed E-state index contributed by atoms with van der Waals surface area (Å²) in [6.07, 6.45) is 0. The van der Waals surface area contributed by atoms with Crippen molar-refractivity contribution in [1.29, 1.82) is 5.26 Å². The minimum Gasteiger partial charge on any atom is -0.497 e. The van der Waals surface area contributed by atoms with E-state index < -0.39 is 0 Å². The largest absolute Gasteiger partial charge is 0.497 e. The highest BCUT2D eigenvalue weighted by Crippen LogP contribution is 2.24. The van der Waals surface area contributed by atoms with Gasteiger partial charge in [-0.05, 0) is 48.4 Å². The molecule has 1 N–H and O–H groups in total. The average Bonchev–Trinajstić information content (AvgIpc) is 2.48. The van der Waals surface area contributed by atoms with Crippen molar-refractivity contribution in [3.05, 3.63) is 57.6 Å². The zero-order valence-electron chi connectivity index (χ0n) is 11.4. The molecule has 2 aromatic rings. The lowest BCUT2D eigenvalue weighted by Gasteiger charge is -2.12. The first kappa shape index (κ1) is 14.4. The summed E-state index contributed by atoms with van der Waals surface area (Å²) in [4.78, 5) is 0. The molecule has 0 heterocycles. The Bertz CT molecular complexity index is 662. The highest BCUT2D eigenvalue weighted by molar-refractivity contribution is 9.10. The van der Waals surface area contributed by atoms with Crippen LogP contribution in [0.15, 0.2) is 40.9 Å². The summed E-state index contributed by atoms with van der Waals surface area (Å²) in [7, 11) is 1.65. The Labute approximate surface area is 127 Å². The van der Waals surface area contributed by atoms with Gasteiger partial charge in [-0.3, -0.25) is 0 Å². The normalized spacial score (nSPS) is 9.90. The van der Waals surface area contributed by atoms with Crippen LogP contribution in [0.3, 0.4) is 0 Å². The molecule has 0 spiro atoms. The van der Waals surface area contributed by atoms with Gasteiger partial charge in [-0.15, -0.1) is 0 Å². The van der Waals surface area contributed by atoms with Gasteiger partial charge in [0, 0.05) is 16.7 Å². The van der Waals surface area contributed by atoms with Crippen LogP contribution in [0.4, 0.5) is 5.69 Å². The molecule has 4 heteroatoms. The Morgan fingerprint density at radius 1 is 1.25 bits per heavy atom. The fraction of sp³-hybridized carbons (Fsp3) is 0.188. The van der Waals surface area contributed by atoms with Crippen molar-refractivity contribution in [2.75, 3.05) is 12.4 Å². The predicted octanol–water partition coefficient (Wildman–Crippen LogP) is 4.25. The van der Waals surface area contributed by atoms with Gasteiger partial charge in [0.1, 0.15) is 5.75 Å². The number of halogens is 1. The van der Waals surface area contributed by atoms with Gasteiger partial charge in [-0.1, -0.05) is 22.0 Å². The molecule has 0 aliphatic carbocycles. The summed E-state index contributed by atoms with van der Waals surface area (Å²) in [6.45, 7) is 2.68. The van der Waals surface area contributed by atoms with Crippen LogP contribution in [0.5, 0.6) is 5.75 Å². The molecule has 0 fully saturated rings. The molecule has 2 aromatic carbocycles. The molecule has 20 heavy (non-hydrogen) atoms. The molecule has 0 saturated carbocycles. The van der Waals surface area contributed by atoms with Crippen molar-refractivity contribution in [3.63, 3.8) is 0 Å². The summed E-state index contributed by atoms with van der Waals surface area (Å²) < 4.78 is 6.26. The molecule has 0 saturated heterocycles. The Morgan fingerprint density at radius 3 is 2.75 bits per heavy atom. The zero-order chi connectivity index (χ0) is 14.5. The molecule has 0 bridgehead atoms. The highest BCUT2D eigenvalue weighted by atomic mass is 79.9. The molecule has 0 aliphatic rings. The van der Waals surface area contributed by atoms with Crippen LogP contribution in [0.2, 0.25) is 0 Å². The third-order valence-corrected chi connectivity index (χ3v) is 3.86. The molecule has 0 radical (unpaired) electrons. The Morgan fingerprint density at radius 2 is 2.05 bits per heavy atom. The number of ether oxygens (including phenoxy) is 1. The summed E-state index contributed by atoms with van der Waals surface area (Å²) in [6, 6.07) is 13.7. The first-order chi connectivity index (χ1) is 9.63. The summed E-state index contributed by atoms with van der Waals surface area (Å²) in [5.74, 6) is 0.826. The fourth-order valence-electron chi connectivity index (χ4n) is 1.89. The van der Waals surface area contributed by atoms with E-state index in [9.17, 15) is 0 Å². The maximum atomic E-state index is 8.95. The molecular weight excluding hydrogens is 316 g/mol. The maximum Gasteiger partial charge on any atom is 0.119 e. The number of anilines is 1. The summed E-state index contributed by atoms with van der Waals surface area (Å²) in [5.41, 5.74) is 3.84. The SMILES string of the molecule is COc1ccc(Br)c(CNc2cc(C#N)ccc2C)c1. The quantitative estimate of drug-likeness (QED) is 0.911. The lowest BCUT2D eigenvalue weighted by atomic mass is 10.1. The van der Waals surface area contributed by atoms with Crippen molar-refractivity contribution in [3.8, 4) is 11.8 Å². The third kappa shape index (κ3) is 3.31. The topological polar surface area (TPSA) is 45.0 Å². The first-order valence-electron chi connectivity index (χ1n) is 6.21. The number of benzene rings is 2. The number of aryl methyl sites for hydroxylation is 1. The van der Waals surface area contributed by atoms with E-state index in [4.69, 9.17) is 10.00 Å². The van der Waals surface area contributed by atoms with E-state index in [1.165, 1.54) is 0 Å². The van der Waals surface area contributed by atoms with Crippen molar-refractivity contribution in [2.24, 2.45) is 0 Å². The van der Waals surface area contributed by atoms with Crippen LogP contribution in [0, 0.1) is 18.3 Å². The maximum absolute atomic E-state index is 8.95. The number of nitrogens with one attached hydrogen (secondary N) is 1. The number of rotatable bonds is 4. The molecule has 0 unspecified atom stereocenters. The van der Waals surface area contributed by atoms with Crippen LogP contribution in [-0.2, 0) is 6.54 Å². The van der Waals surface area contributed by atoms with E-state index in [1.54, 1.807) is 7.11 Å². The third-order valence-electron chi connectivity index (χ3n) is 3.09. The monoisotopic (exact) mass is 330 g/mol. The minimum atomic E-state index is 0.655. The van der Waals surface area contributed by atoms with Gasteiger partial charge in [-0.2, -0.15) is 5.26 Å². The standard InChI is InChI=1S/C16H15BrN2O/c1-11-3-4-12(9-18)7-16(11)19-10-13-8-14(20-2)5-6-15(13)17/h3-8,19H,10H2,1-2H3. The summed E-state index contributed by atoms with van der Waals surface area (Å²) >= 11 is 3.53. The smallest absolute Gasteiger partial charge is 0.119 e. The van der Waals surface area contributed by atoms with Gasteiger partial charge in [0.15, 0.2) is 0 Å². The van der Waals surface area contributed by atoms with Crippen LogP contribution < -0.4 is 10.1 Å². The Hall–Kier alpha value is -1.99. The van der Waals surface area contributed by atoms with Crippen molar-refractivity contribution < 1.29 is 4.74 Å². The number of hydrogen-bond donors (Lipinski definition) is 1. The average molecular weight is 331 g/mol. The Balaban J connectivity index is 2.18. The number of hydrogen-bond acceptors (Lipinski definition) is 3.